The third kappa shape index (κ3) is 3.62. The van der Waals surface area contributed by atoms with Crippen molar-refractivity contribution in [2.75, 3.05) is 38.7 Å². The lowest BCUT2D eigenvalue weighted by atomic mass is 10.2. The lowest BCUT2D eigenvalue weighted by molar-refractivity contribution is 0.264. The van der Waals surface area contributed by atoms with Gasteiger partial charge < -0.3 is 14.5 Å². The molecule has 2 rings (SSSR count). The fourth-order valence-electron chi connectivity index (χ4n) is 2.24. The third-order valence-corrected chi connectivity index (χ3v) is 3.49. The Morgan fingerprint density at radius 3 is 2.75 bits per heavy atom. The van der Waals surface area contributed by atoms with Gasteiger partial charge in [0.25, 0.3) is 0 Å². The minimum atomic E-state index is 0.480. The van der Waals surface area contributed by atoms with Gasteiger partial charge in [0.15, 0.2) is 0 Å². The average molecular weight is 276 g/mol. The molecule has 1 aliphatic heterocycles. The van der Waals surface area contributed by atoms with Gasteiger partial charge in [0.1, 0.15) is 5.82 Å². The molecule has 0 amide bonds. The Hall–Kier alpha value is -1.78. The van der Waals surface area contributed by atoms with Crippen molar-refractivity contribution >= 4 is 5.82 Å². The first-order valence-electron chi connectivity index (χ1n) is 7.14. The number of hydrogen-bond donors (Lipinski definition) is 0. The molecule has 0 aliphatic carbocycles. The van der Waals surface area contributed by atoms with Gasteiger partial charge in [-0.1, -0.05) is 6.08 Å². The smallest absolute Gasteiger partial charge is 0.318 e. The van der Waals surface area contributed by atoms with Gasteiger partial charge in [0, 0.05) is 38.4 Å². The Labute approximate surface area is 121 Å². The lowest BCUT2D eigenvalue weighted by Gasteiger charge is -2.17. The zero-order valence-electron chi connectivity index (χ0n) is 12.9. The van der Waals surface area contributed by atoms with Crippen molar-refractivity contribution in [2.45, 2.75) is 26.7 Å². The maximum Gasteiger partial charge on any atom is 0.318 e. The van der Waals surface area contributed by atoms with Crippen LogP contribution in [0.3, 0.4) is 0 Å². The zero-order valence-corrected chi connectivity index (χ0v) is 12.9. The summed E-state index contributed by atoms with van der Waals surface area (Å²) in [7, 11) is 3.97. The summed E-state index contributed by atoms with van der Waals surface area (Å²) < 4.78 is 5.69. The molecule has 0 unspecified atom stereocenters. The number of nitrogens with zero attached hydrogens (tertiary/aromatic N) is 4. The van der Waals surface area contributed by atoms with E-state index in [4.69, 9.17) is 4.74 Å². The molecule has 0 fully saturated rings. The second-order valence-corrected chi connectivity index (χ2v) is 5.35. The zero-order chi connectivity index (χ0) is 14.5. The van der Waals surface area contributed by atoms with E-state index >= 15 is 0 Å². The van der Waals surface area contributed by atoms with E-state index in [1.807, 2.05) is 32.8 Å². The van der Waals surface area contributed by atoms with Crippen molar-refractivity contribution < 1.29 is 4.74 Å². The second-order valence-electron chi connectivity index (χ2n) is 5.35. The normalized spacial score (nSPS) is 13.9. The van der Waals surface area contributed by atoms with E-state index in [0.29, 0.717) is 12.6 Å². The highest BCUT2D eigenvalue weighted by Gasteiger charge is 2.10. The molecule has 0 saturated carbocycles. The summed E-state index contributed by atoms with van der Waals surface area (Å²) in [6.45, 7) is 6.84. The summed E-state index contributed by atoms with van der Waals surface area (Å²) in [5, 5.41) is 0. The fraction of sp³-hybridized carbons (Fsp3) is 0.600. The topological polar surface area (TPSA) is 41.5 Å². The molecule has 2 heterocycles. The van der Waals surface area contributed by atoms with Crippen LogP contribution in [0.25, 0.3) is 0 Å². The SMILES string of the molecule is Cc1nc(OCCCN2C=CCC2)nc(N(C)C)c1C. The quantitative estimate of drug-likeness (QED) is 0.745. The Bertz CT molecular complexity index is 485. The number of hydrogen-bond acceptors (Lipinski definition) is 5. The molecule has 0 atom stereocenters. The third-order valence-electron chi connectivity index (χ3n) is 3.49. The standard InChI is InChI=1S/C15H24N4O/c1-12-13(2)16-15(17-14(12)18(3)4)20-11-7-10-19-8-5-6-9-19/h5,8H,6-7,9-11H2,1-4H3. The first kappa shape index (κ1) is 14.6. The van der Waals surface area contributed by atoms with Crippen LogP contribution in [0.2, 0.25) is 0 Å². The maximum absolute atomic E-state index is 5.69. The predicted octanol–water partition coefficient (Wildman–Crippen LogP) is 2.15. The predicted molar refractivity (Wildman–Crippen MR) is 81.3 cm³/mol. The van der Waals surface area contributed by atoms with Gasteiger partial charge >= 0.3 is 6.01 Å². The molecule has 0 N–H and O–H groups in total. The molecule has 1 aromatic rings. The molecule has 0 aromatic carbocycles. The van der Waals surface area contributed by atoms with Crippen molar-refractivity contribution in [2.24, 2.45) is 0 Å². The highest BCUT2D eigenvalue weighted by atomic mass is 16.5. The van der Waals surface area contributed by atoms with Gasteiger partial charge in [0.05, 0.1) is 6.61 Å². The highest BCUT2D eigenvalue weighted by Crippen LogP contribution is 2.20. The minimum Gasteiger partial charge on any atom is -0.463 e. The molecule has 0 radical (unpaired) electrons. The van der Waals surface area contributed by atoms with Crippen molar-refractivity contribution in [3.8, 4) is 6.01 Å². The number of anilines is 1. The van der Waals surface area contributed by atoms with Crippen LogP contribution < -0.4 is 9.64 Å². The number of ether oxygens (including phenoxy) is 1. The maximum atomic E-state index is 5.69. The monoisotopic (exact) mass is 276 g/mol. The van der Waals surface area contributed by atoms with E-state index in [1.165, 1.54) is 0 Å². The Morgan fingerprint density at radius 2 is 2.10 bits per heavy atom. The molecular weight excluding hydrogens is 252 g/mol. The molecule has 20 heavy (non-hydrogen) atoms. The van der Waals surface area contributed by atoms with E-state index in [9.17, 15) is 0 Å². The Morgan fingerprint density at radius 1 is 1.30 bits per heavy atom. The van der Waals surface area contributed by atoms with E-state index in [2.05, 4.69) is 27.1 Å². The summed E-state index contributed by atoms with van der Waals surface area (Å²) in [6, 6.07) is 0.480. The largest absolute Gasteiger partial charge is 0.463 e. The van der Waals surface area contributed by atoms with E-state index in [1.54, 1.807) is 0 Å². The number of aromatic nitrogens is 2. The highest BCUT2D eigenvalue weighted by molar-refractivity contribution is 5.47. The minimum absolute atomic E-state index is 0.480. The lowest BCUT2D eigenvalue weighted by Crippen LogP contribution is -2.19. The van der Waals surface area contributed by atoms with Crippen molar-refractivity contribution in [1.82, 2.24) is 14.9 Å². The van der Waals surface area contributed by atoms with Crippen LogP contribution in [0, 0.1) is 13.8 Å². The number of aryl methyl sites for hydroxylation is 1. The number of rotatable bonds is 6. The Balaban J connectivity index is 1.87. The fourth-order valence-corrected chi connectivity index (χ4v) is 2.24. The van der Waals surface area contributed by atoms with E-state index in [0.717, 1.165) is 43.0 Å². The van der Waals surface area contributed by atoms with E-state index < -0.39 is 0 Å². The Kier molecular flexibility index (Phi) is 4.82. The average Bonchev–Trinajstić information content (AvgIpc) is 2.91. The van der Waals surface area contributed by atoms with Crippen molar-refractivity contribution in [3.63, 3.8) is 0 Å². The van der Waals surface area contributed by atoms with Crippen LogP contribution in [-0.4, -0.2) is 48.7 Å². The van der Waals surface area contributed by atoms with Crippen LogP contribution in [0.5, 0.6) is 6.01 Å². The van der Waals surface area contributed by atoms with E-state index in [-0.39, 0.29) is 0 Å². The van der Waals surface area contributed by atoms with Crippen LogP contribution in [-0.2, 0) is 0 Å². The van der Waals surface area contributed by atoms with Crippen molar-refractivity contribution in [1.29, 1.82) is 0 Å². The van der Waals surface area contributed by atoms with Crippen LogP contribution >= 0.6 is 0 Å². The summed E-state index contributed by atoms with van der Waals surface area (Å²) in [5.41, 5.74) is 2.07. The summed E-state index contributed by atoms with van der Waals surface area (Å²) >= 11 is 0. The molecule has 5 nitrogen and oxygen atoms in total. The van der Waals surface area contributed by atoms with Gasteiger partial charge in [-0.15, -0.1) is 0 Å². The molecule has 1 aliphatic rings. The van der Waals surface area contributed by atoms with Gasteiger partial charge in [-0.05, 0) is 32.9 Å². The molecule has 0 spiro atoms. The second kappa shape index (κ2) is 6.59. The first-order chi connectivity index (χ1) is 9.58. The van der Waals surface area contributed by atoms with Crippen molar-refractivity contribution in [3.05, 3.63) is 23.5 Å². The first-order valence-corrected chi connectivity index (χ1v) is 7.14. The molecule has 0 bridgehead atoms. The van der Waals surface area contributed by atoms with Gasteiger partial charge in [-0.3, -0.25) is 0 Å². The molecule has 5 heteroatoms. The van der Waals surface area contributed by atoms with Gasteiger partial charge in [-0.25, -0.2) is 4.98 Å². The summed E-state index contributed by atoms with van der Waals surface area (Å²) in [5.74, 6) is 0.926. The van der Waals surface area contributed by atoms with Gasteiger partial charge in [-0.2, -0.15) is 4.98 Å². The van der Waals surface area contributed by atoms with Gasteiger partial charge in [0.2, 0.25) is 0 Å². The van der Waals surface area contributed by atoms with Crippen LogP contribution in [0.4, 0.5) is 5.82 Å². The van der Waals surface area contributed by atoms with Crippen LogP contribution in [0.1, 0.15) is 24.1 Å². The summed E-state index contributed by atoms with van der Waals surface area (Å²) in [4.78, 5) is 13.2. The molecular formula is C15H24N4O. The summed E-state index contributed by atoms with van der Waals surface area (Å²) in [6.07, 6.45) is 6.51. The molecule has 1 aromatic heterocycles. The molecule has 0 saturated heterocycles. The molecule has 110 valence electrons. The van der Waals surface area contributed by atoms with Crippen LogP contribution in [0.15, 0.2) is 12.3 Å².